The number of nitrogens with two attached hydrogens (primary N) is 1. The highest BCUT2D eigenvalue weighted by molar-refractivity contribution is 5.04. The van der Waals surface area contributed by atoms with E-state index in [2.05, 4.69) is 25.7 Å². The molecule has 2 aliphatic heterocycles. The normalized spacial score (nSPS) is 29.1. The minimum absolute atomic E-state index is 0.184. The lowest BCUT2D eigenvalue weighted by Crippen LogP contribution is -2.69. The molecular weight excluding hydrogens is 200 g/mol. The first-order valence-electron chi connectivity index (χ1n) is 6.55. The van der Waals surface area contributed by atoms with Gasteiger partial charge < -0.3 is 10.5 Å². The number of hydrogen-bond donors (Lipinski definition) is 1. The van der Waals surface area contributed by atoms with Crippen molar-refractivity contribution >= 4 is 0 Å². The SMILES string of the molecule is CC(C)C(C)(CN)N1CC2(CCOCC2)C1. The first-order chi connectivity index (χ1) is 7.52. The van der Waals surface area contributed by atoms with Crippen molar-refractivity contribution in [1.82, 2.24) is 4.90 Å². The summed E-state index contributed by atoms with van der Waals surface area (Å²) in [5, 5.41) is 0. The molecule has 0 aromatic rings. The van der Waals surface area contributed by atoms with Gasteiger partial charge in [-0.05, 0) is 25.7 Å². The van der Waals surface area contributed by atoms with Crippen molar-refractivity contribution < 1.29 is 4.74 Å². The van der Waals surface area contributed by atoms with Crippen LogP contribution in [0.4, 0.5) is 0 Å². The first kappa shape index (κ1) is 12.3. The van der Waals surface area contributed by atoms with Crippen molar-refractivity contribution in [2.75, 3.05) is 32.8 Å². The highest BCUT2D eigenvalue weighted by atomic mass is 16.5. The number of hydrogen-bond acceptors (Lipinski definition) is 3. The molecule has 1 atom stereocenters. The molecule has 2 saturated heterocycles. The zero-order valence-electron chi connectivity index (χ0n) is 11.0. The fourth-order valence-corrected chi connectivity index (χ4v) is 2.98. The lowest BCUT2D eigenvalue weighted by Gasteiger charge is -2.60. The minimum atomic E-state index is 0.184. The average Bonchev–Trinajstić information content (AvgIpc) is 2.25. The topological polar surface area (TPSA) is 38.5 Å². The summed E-state index contributed by atoms with van der Waals surface area (Å²) in [6, 6.07) is 0. The van der Waals surface area contributed by atoms with E-state index in [0.29, 0.717) is 11.3 Å². The van der Waals surface area contributed by atoms with Crippen LogP contribution in [-0.2, 0) is 4.74 Å². The number of ether oxygens (including phenoxy) is 1. The molecule has 0 aliphatic carbocycles. The molecule has 0 bridgehead atoms. The van der Waals surface area contributed by atoms with Gasteiger partial charge in [-0.2, -0.15) is 0 Å². The smallest absolute Gasteiger partial charge is 0.0472 e. The predicted octanol–water partition coefficient (Wildman–Crippen LogP) is 1.47. The van der Waals surface area contributed by atoms with Gasteiger partial charge in [0.1, 0.15) is 0 Å². The Bertz CT molecular complexity index is 240. The second-order valence-corrected chi connectivity index (χ2v) is 6.18. The highest BCUT2D eigenvalue weighted by Gasteiger charge is 2.50. The fraction of sp³-hybridized carbons (Fsp3) is 1.00. The summed E-state index contributed by atoms with van der Waals surface area (Å²) in [5.41, 5.74) is 6.71. The summed E-state index contributed by atoms with van der Waals surface area (Å²) in [6.45, 7) is 12.0. The fourth-order valence-electron chi connectivity index (χ4n) is 2.98. The molecule has 1 unspecified atom stereocenters. The molecule has 2 heterocycles. The van der Waals surface area contributed by atoms with E-state index in [9.17, 15) is 0 Å². The molecule has 0 aromatic carbocycles. The lowest BCUT2D eigenvalue weighted by molar-refractivity contribution is -0.130. The maximum atomic E-state index is 5.97. The van der Waals surface area contributed by atoms with Crippen LogP contribution in [0.15, 0.2) is 0 Å². The molecule has 1 spiro atoms. The van der Waals surface area contributed by atoms with Crippen LogP contribution in [-0.4, -0.2) is 43.3 Å². The van der Waals surface area contributed by atoms with Crippen LogP contribution in [0.2, 0.25) is 0 Å². The van der Waals surface area contributed by atoms with Crippen LogP contribution in [0.3, 0.4) is 0 Å². The van der Waals surface area contributed by atoms with Crippen molar-refractivity contribution in [1.29, 1.82) is 0 Å². The molecule has 2 N–H and O–H groups in total. The summed E-state index contributed by atoms with van der Waals surface area (Å²) < 4.78 is 5.45. The van der Waals surface area contributed by atoms with Gasteiger partial charge >= 0.3 is 0 Å². The zero-order chi connectivity index (χ0) is 11.8. The van der Waals surface area contributed by atoms with Gasteiger partial charge in [-0.25, -0.2) is 0 Å². The standard InChI is InChI=1S/C13H26N2O/c1-11(2)12(3,8-14)15-9-13(10-15)4-6-16-7-5-13/h11H,4-10,14H2,1-3H3. The minimum Gasteiger partial charge on any atom is -0.381 e. The Labute approximate surface area is 99.3 Å². The van der Waals surface area contributed by atoms with Crippen molar-refractivity contribution in [3.63, 3.8) is 0 Å². The van der Waals surface area contributed by atoms with Gasteiger partial charge in [0, 0.05) is 43.8 Å². The zero-order valence-corrected chi connectivity index (χ0v) is 11.0. The quantitative estimate of drug-likeness (QED) is 0.792. The third-order valence-electron chi connectivity index (χ3n) is 4.99. The monoisotopic (exact) mass is 226 g/mol. The Kier molecular flexibility index (Phi) is 3.30. The molecular formula is C13H26N2O. The maximum absolute atomic E-state index is 5.97. The van der Waals surface area contributed by atoms with E-state index in [1.165, 1.54) is 25.9 Å². The van der Waals surface area contributed by atoms with Crippen LogP contribution in [0.25, 0.3) is 0 Å². The molecule has 2 aliphatic rings. The van der Waals surface area contributed by atoms with Gasteiger partial charge in [-0.1, -0.05) is 13.8 Å². The van der Waals surface area contributed by atoms with E-state index >= 15 is 0 Å². The van der Waals surface area contributed by atoms with Gasteiger partial charge in [-0.3, -0.25) is 4.90 Å². The predicted molar refractivity (Wildman–Crippen MR) is 66.4 cm³/mol. The van der Waals surface area contributed by atoms with Crippen molar-refractivity contribution in [2.45, 2.75) is 39.2 Å². The van der Waals surface area contributed by atoms with Gasteiger partial charge in [0.25, 0.3) is 0 Å². The molecule has 94 valence electrons. The Hall–Kier alpha value is -0.120. The van der Waals surface area contributed by atoms with Crippen LogP contribution in [0.5, 0.6) is 0 Å². The third kappa shape index (κ3) is 1.89. The van der Waals surface area contributed by atoms with Gasteiger partial charge in [0.2, 0.25) is 0 Å². The number of likely N-dealkylation sites (tertiary alicyclic amines) is 1. The molecule has 16 heavy (non-hydrogen) atoms. The summed E-state index contributed by atoms with van der Waals surface area (Å²) in [7, 11) is 0. The molecule has 0 saturated carbocycles. The Balaban J connectivity index is 1.95. The molecule has 3 nitrogen and oxygen atoms in total. The first-order valence-corrected chi connectivity index (χ1v) is 6.55. The third-order valence-corrected chi connectivity index (χ3v) is 4.99. The van der Waals surface area contributed by atoms with Gasteiger partial charge in [-0.15, -0.1) is 0 Å². The molecule has 3 heteroatoms. The lowest BCUT2D eigenvalue weighted by atomic mass is 9.69. The highest BCUT2D eigenvalue weighted by Crippen LogP contribution is 2.44. The van der Waals surface area contributed by atoms with E-state index in [-0.39, 0.29) is 5.54 Å². The van der Waals surface area contributed by atoms with Gasteiger partial charge in [0.15, 0.2) is 0 Å². The Morgan fingerprint density at radius 1 is 1.31 bits per heavy atom. The molecule has 2 fully saturated rings. The second-order valence-electron chi connectivity index (χ2n) is 6.18. The van der Waals surface area contributed by atoms with Crippen molar-refractivity contribution in [2.24, 2.45) is 17.1 Å². The van der Waals surface area contributed by atoms with Gasteiger partial charge in [0.05, 0.1) is 0 Å². The van der Waals surface area contributed by atoms with Crippen LogP contribution >= 0.6 is 0 Å². The molecule has 2 rings (SSSR count). The van der Waals surface area contributed by atoms with E-state index in [1.807, 2.05) is 0 Å². The largest absolute Gasteiger partial charge is 0.381 e. The molecule has 0 amide bonds. The van der Waals surface area contributed by atoms with E-state index in [0.717, 1.165) is 19.8 Å². The van der Waals surface area contributed by atoms with Crippen LogP contribution in [0, 0.1) is 11.3 Å². The number of nitrogens with zero attached hydrogens (tertiary/aromatic N) is 1. The summed E-state index contributed by atoms with van der Waals surface area (Å²) in [4.78, 5) is 2.59. The van der Waals surface area contributed by atoms with E-state index in [1.54, 1.807) is 0 Å². The van der Waals surface area contributed by atoms with Crippen molar-refractivity contribution in [3.05, 3.63) is 0 Å². The summed E-state index contributed by atoms with van der Waals surface area (Å²) in [5.74, 6) is 0.620. The van der Waals surface area contributed by atoms with E-state index in [4.69, 9.17) is 10.5 Å². The Morgan fingerprint density at radius 3 is 2.31 bits per heavy atom. The van der Waals surface area contributed by atoms with Crippen LogP contribution in [0.1, 0.15) is 33.6 Å². The average molecular weight is 226 g/mol. The number of rotatable bonds is 3. The second kappa shape index (κ2) is 4.28. The van der Waals surface area contributed by atoms with Crippen LogP contribution < -0.4 is 5.73 Å². The Morgan fingerprint density at radius 2 is 1.88 bits per heavy atom. The summed E-state index contributed by atoms with van der Waals surface area (Å²) >= 11 is 0. The maximum Gasteiger partial charge on any atom is 0.0472 e. The van der Waals surface area contributed by atoms with Crippen molar-refractivity contribution in [3.8, 4) is 0 Å². The molecule has 0 radical (unpaired) electrons. The summed E-state index contributed by atoms with van der Waals surface area (Å²) in [6.07, 6.45) is 2.48. The van der Waals surface area contributed by atoms with E-state index < -0.39 is 0 Å². The molecule has 0 aromatic heterocycles.